The van der Waals surface area contributed by atoms with Gasteiger partial charge in [0.05, 0.1) is 23.4 Å². The van der Waals surface area contributed by atoms with Crippen LogP contribution in [0.2, 0.25) is 5.02 Å². The van der Waals surface area contributed by atoms with Gasteiger partial charge in [0.25, 0.3) is 5.91 Å². The van der Waals surface area contributed by atoms with E-state index in [2.05, 4.69) is 10.00 Å². The molecule has 1 amide bonds. The van der Waals surface area contributed by atoms with E-state index in [-0.39, 0.29) is 17.5 Å². The number of amides is 1. The van der Waals surface area contributed by atoms with Crippen molar-refractivity contribution in [3.05, 3.63) is 69.9 Å². The van der Waals surface area contributed by atoms with Crippen LogP contribution in [-0.2, 0) is 0 Å². The molecule has 1 fully saturated rings. The third-order valence-electron chi connectivity index (χ3n) is 5.87. The number of carbonyl (C=O) groups excluding carboxylic acids is 1. The van der Waals surface area contributed by atoms with Crippen molar-refractivity contribution in [2.75, 3.05) is 38.2 Å². The van der Waals surface area contributed by atoms with Gasteiger partial charge in [-0.25, -0.2) is 9.07 Å². The quantitative estimate of drug-likeness (QED) is 0.401. The van der Waals surface area contributed by atoms with E-state index in [9.17, 15) is 9.18 Å². The van der Waals surface area contributed by atoms with Gasteiger partial charge in [-0.1, -0.05) is 17.7 Å². The number of hydrogen-bond acceptors (Lipinski definition) is 5. The number of thiophene rings is 1. The Morgan fingerprint density at radius 3 is 2.61 bits per heavy atom. The molecule has 170 valence electrons. The molecule has 0 radical (unpaired) electrons. The molecule has 2 aromatic heterocycles. The molecule has 6 nitrogen and oxygen atoms in total. The number of ether oxygens (including phenoxy) is 1. The molecule has 1 aliphatic heterocycles. The molecule has 0 aliphatic carbocycles. The number of carbonyl (C=O) groups is 1. The maximum Gasteiger partial charge on any atom is 0.264 e. The summed E-state index contributed by atoms with van der Waals surface area (Å²) in [6.07, 6.45) is 0. The lowest BCUT2D eigenvalue weighted by Gasteiger charge is -2.36. The Bertz CT molecular complexity index is 1340. The Morgan fingerprint density at radius 2 is 1.88 bits per heavy atom. The number of rotatable bonds is 4. The van der Waals surface area contributed by atoms with Gasteiger partial charge in [0.1, 0.15) is 4.83 Å². The van der Waals surface area contributed by atoms with Crippen LogP contribution < -0.4 is 9.64 Å². The van der Waals surface area contributed by atoms with Crippen LogP contribution in [0.1, 0.15) is 15.4 Å². The third kappa shape index (κ3) is 4.05. The Hall–Kier alpha value is -3.10. The average molecular weight is 485 g/mol. The third-order valence-corrected chi connectivity index (χ3v) is 7.21. The lowest BCUT2D eigenvalue weighted by Crippen LogP contribution is -2.48. The van der Waals surface area contributed by atoms with Crippen molar-refractivity contribution in [1.29, 1.82) is 0 Å². The van der Waals surface area contributed by atoms with E-state index in [0.29, 0.717) is 36.1 Å². The molecule has 0 saturated carbocycles. The summed E-state index contributed by atoms with van der Waals surface area (Å²) in [7, 11) is 1.46. The molecule has 9 heteroatoms. The van der Waals surface area contributed by atoms with Gasteiger partial charge in [0.15, 0.2) is 11.6 Å². The highest BCUT2D eigenvalue weighted by Gasteiger charge is 2.25. The molecule has 3 heterocycles. The first-order valence-electron chi connectivity index (χ1n) is 10.6. The van der Waals surface area contributed by atoms with E-state index >= 15 is 0 Å². The smallest absolute Gasteiger partial charge is 0.264 e. The molecule has 33 heavy (non-hydrogen) atoms. The summed E-state index contributed by atoms with van der Waals surface area (Å²) < 4.78 is 20.7. The first-order valence-corrected chi connectivity index (χ1v) is 11.8. The topological polar surface area (TPSA) is 50.6 Å². The van der Waals surface area contributed by atoms with Crippen molar-refractivity contribution in [2.24, 2.45) is 0 Å². The van der Waals surface area contributed by atoms with Crippen LogP contribution in [0.15, 0.2) is 48.5 Å². The Balaban J connectivity index is 1.34. The summed E-state index contributed by atoms with van der Waals surface area (Å²) in [5.74, 6) is -0.142. The summed E-state index contributed by atoms with van der Waals surface area (Å²) in [5, 5.41) is 6.25. The van der Waals surface area contributed by atoms with Crippen molar-refractivity contribution in [1.82, 2.24) is 14.7 Å². The summed E-state index contributed by atoms with van der Waals surface area (Å²) in [6, 6.07) is 14.3. The van der Waals surface area contributed by atoms with E-state index in [0.717, 1.165) is 27.3 Å². The molecule has 2 aromatic carbocycles. The highest BCUT2D eigenvalue weighted by Crippen LogP contribution is 2.32. The molecular weight excluding hydrogens is 463 g/mol. The normalized spacial score (nSPS) is 14.2. The Labute approximate surface area is 199 Å². The van der Waals surface area contributed by atoms with Crippen molar-refractivity contribution >= 4 is 44.7 Å². The number of fused-ring (bicyclic) bond motifs is 1. The minimum atomic E-state index is -0.383. The number of nitrogens with zero attached hydrogens (tertiary/aromatic N) is 4. The molecule has 5 rings (SSSR count). The summed E-state index contributed by atoms with van der Waals surface area (Å²) >= 11 is 7.61. The van der Waals surface area contributed by atoms with Gasteiger partial charge in [0.2, 0.25) is 0 Å². The fraction of sp³-hybridized carbons (Fsp3) is 0.250. The standard InChI is InChI=1S/C24H22ClFN4O2S/c1-15-19-14-22(33-24(19)30(27-15)18-5-3-4-16(25)12-18)23(31)29-10-8-28(9-11-29)17-6-7-20(26)21(13-17)32-2/h3-7,12-14H,8-11H2,1-2H3. The van der Waals surface area contributed by atoms with Crippen molar-refractivity contribution in [3.8, 4) is 11.4 Å². The van der Waals surface area contributed by atoms with Crippen molar-refractivity contribution in [2.45, 2.75) is 6.92 Å². The monoisotopic (exact) mass is 484 g/mol. The van der Waals surface area contributed by atoms with Crippen LogP contribution in [0.5, 0.6) is 5.75 Å². The molecule has 4 aromatic rings. The molecule has 0 unspecified atom stereocenters. The van der Waals surface area contributed by atoms with E-state index in [1.54, 1.807) is 12.1 Å². The molecule has 0 N–H and O–H groups in total. The minimum Gasteiger partial charge on any atom is -0.494 e. The van der Waals surface area contributed by atoms with Crippen LogP contribution >= 0.6 is 22.9 Å². The summed E-state index contributed by atoms with van der Waals surface area (Å²) in [4.78, 5) is 18.9. The molecule has 1 aliphatic rings. The fourth-order valence-corrected chi connectivity index (χ4v) is 5.44. The molecular formula is C24H22ClFN4O2S. The first kappa shape index (κ1) is 21.7. The predicted molar refractivity (Wildman–Crippen MR) is 130 cm³/mol. The van der Waals surface area contributed by atoms with Crippen molar-refractivity contribution in [3.63, 3.8) is 0 Å². The second kappa shape index (κ2) is 8.68. The minimum absolute atomic E-state index is 0.0181. The van der Waals surface area contributed by atoms with E-state index < -0.39 is 0 Å². The number of aryl methyl sites for hydroxylation is 1. The Morgan fingerprint density at radius 1 is 1.09 bits per heavy atom. The number of hydrogen-bond donors (Lipinski definition) is 0. The van der Waals surface area contributed by atoms with Gasteiger partial charge in [-0.3, -0.25) is 4.79 Å². The van der Waals surface area contributed by atoms with Crippen LogP contribution in [0.25, 0.3) is 15.9 Å². The molecule has 0 bridgehead atoms. The van der Waals surface area contributed by atoms with E-state index in [1.807, 2.05) is 46.8 Å². The molecule has 1 saturated heterocycles. The predicted octanol–water partition coefficient (Wildman–Crippen LogP) is 5.16. The highest BCUT2D eigenvalue weighted by atomic mass is 35.5. The average Bonchev–Trinajstić information content (AvgIpc) is 3.39. The van der Waals surface area contributed by atoms with Crippen LogP contribution in [-0.4, -0.2) is 53.9 Å². The van der Waals surface area contributed by atoms with Gasteiger partial charge >= 0.3 is 0 Å². The van der Waals surface area contributed by atoms with Crippen LogP contribution in [0, 0.1) is 12.7 Å². The van der Waals surface area contributed by atoms with Crippen LogP contribution in [0.4, 0.5) is 10.1 Å². The first-order chi connectivity index (χ1) is 15.9. The Kier molecular flexibility index (Phi) is 5.72. The number of halogens is 2. The van der Waals surface area contributed by atoms with Gasteiger partial charge in [-0.2, -0.15) is 5.10 Å². The SMILES string of the molecule is COc1cc(N2CCN(C(=O)c3cc4c(C)nn(-c5cccc(Cl)c5)c4s3)CC2)ccc1F. The summed E-state index contributed by atoms with van der Waals surface area (Å²) in [5.41, 5.74) is 2.62. The highest BCUT2D eigenvalue weighted by molar-refractivity contribution is 7.20. The van der Waals surface area contributed by atoms with Gasteiger partial charge in [-0.15, -0.1) is 11.3 Å². The maximum absolute atomic E-state index is 13.7. The second-order valence-electron chi connectivity index (χ2n) is 7.90. The zero-order chi connectivity index (χ0) is 23.1. The number of benzene rings is 2. The molecule has 0 atom stereocenters. The lowest BCUT2D eigenvalue weighted by molar-refractivity contribution is 0.0751. The zero-order valence-electron chi connectivity index (χ0n) is 18.2. The number of piperazine rings is 1. The van der Waals surface area contributed by atoms with Gasteiger partial charge < -0.3 is 14.5 Å². The van der Waals surface area contributed by atoms with Gasteiger partial charge in [-0.05, 0) is 43.3 Å². The zero-order valence-corrected chi connectivity index (χ0v) is 19.8. The van der Waals surface area contributed by atoms with Gasteiger partial charge in [0, 0.05) is 48.3 Å². The fourth-order valence-electron chi connectivity index (χ4n) is 4.10. The lowest BCUT2D eigenvalue weighted by atomic mass is 10.2. The van der Waals surface area contributed by atoms with E-state index in [4.69, 9.17) is 16.3 Å². The number of methoxy groups -OCH3 is 1. The second-order valence-corrected chi connectivity index (χ2v) is 9.37. The largest absolute Gasteiger partial charge is 0.494 e. The van der Waals surface area contributed by atoms with E-state index in [1.165, 1.54) is 24.5 Å². The molecule has 0 spiro atoms. The maximum atomic E-state index is 13.7. The number of aromatic nitrogens is 2. The van der Waals surface area contributed by atoms with Crippen molar-refractivity contribution < 1.29 is 13.9 Å². The summed E-state index contributed by atoms with van der Waals surface area (Å²) in [6.45, 7) is 4.46. The number of anilines is 1. The van der Waals surface area contributed by atoms with Crippen LogP contribution in [0.3, 0.4) is 0 Å².